The van der Waals surface area contributed by atoms with Gasteiger partial charge in [0, 0.05) is 23.0 Å². The van der Waals surface area contributed by atoms with Gasteiger partial charge in [0.1, 0.15) is 5.69 Å². The number of nitrogens with two attached hydrogens (primary N) is 1. The van der Waals surface area contributed by atoms with Gasteiger partial charge in [0.25, 0.3) is 5.69 Å². The number of amides is 1. The molecule has 0 saturated carbocycles. The molecule has 1 aromatic carbocycles. The molecule has 104 valence electrons. The molecule has 0 bridgehead atoms. The third-order valence-electron chi connectivity index (χ3n) is 2.54. The Morgan fingerprint density at radius 1 is 1.58 bits per heavy atom. The maximum Gasteiger partial charge on any atom is 0.293 e. The zero-order valence-electron chi connectivity index (χ0n) is 10.6. The van der Waals surface area contributed by atoms with Gasteiger partial charge in [0.2, 0.25) is 5.91 Å². The number of benzene rings is 1. The zero-order chi connectivity index (χ0) is 14.4. The van der Waals surface area contributed by atoms with Crippen LogP contribution in [-0.4, -0.2) is 16.9 Å². The number of rotatable bonds is 6. The number of hydrogen-bond donors (Lipinski definition) is 2. The number of hydrogen-bond acceptors (Lipinski definition) is 4. The summed E-state index contributed by atoms with van der Waals surface area (Å²) in [7, 11) is 0. The minimum atomic E-state index is -0.535. The third-order valence-corrected chi connectivity index (χ3v) is 3.03. The van der Waals surface area contributed by atoms with Crippen molar-refractivity contribution in [3.63, 3.8) is 0 Å². The van der Waals surface area contributed by atoms with Gasteiger partial charge in [0.05, 0.1) is 4.92 Å². The van der Waals surface area contributed by atoms with E-state index in [1.165, 1.54) is 12.1 Å². The zero-order valence-corrected chi connectivity index (χ0v) is 12.1. The maximum absolute atomic E-state index is 11.7. The van der Waals surface area contributed by atoms with E-state index in [4.69, 9.17) is 5.73 Å². The van der Waals surface area contributed by atoms with Crippen LogP contribution >= 0.6 is 15.9 Å². The summed E-state index contributed by atoms with van der Waals surface area (Å²) in [5.74, 6) is -0.314. The van der Waals surface area contributed by atoms with Gasteiger partial charge in [0.15, 0.2) is 0 Å². The number of carbonyl (C=O) groups is 1. The molecule has 0 aliphatic rings. The molecule has 0 radical (unpaired) electrons. The van der Waals surface area contributed by atoms with Crippen LogP contribution in [0.1, 0.15) is 26.2 Å². The molecule has 0 saturated heterocycles. The molecular formula is C12H16BrN3O3. The molecule has 1 amide bonds. The Morgan fingerprint density at radius 2 is 2.26 bits per heavy atom. The van der Waals surface area contributed by atoms with Crippen molar-refractivity contribution in [3.8, 4) is 0 Å². The average molecular weight is 330 g/mol. The number of nitro groups is 1. The quantitative estimate of drug-likeness (QED) is 0.619. The van der Waals surface area contributed by atoms with Gasteiger partial charge in [-0.25, -0.2) is 0 Å². The number of nitro benzene ring substituents is 1. The second kappa shape index (κ2) is 7.20. The van der Waals surface area contributed by atoms with Crippen LogP contribution in [0.3, 0.4) is 0 Å². The van der Waals surface area contributed by atoms with Crippen molar-refractivity contribution in [1.29, 1.82) is 0 Å². The maximum atomic E-state index is 11.7. The predicted molar refractivity (Wildman–Crippen MR) is 76.9 cm³/mol. The van der Waals surface area contributed by atoms with Gasteiger partial charge >= 0.3 is 0 Å². The first-order valence-corrected chi connectivity index (χ1v) is 6.72. The van der Waals surface area contributed by atoms with E-state index in [2.05, 4.69) is 21.2 Å². The highest BCUT2D eigenvalue weighted by Crippen LogP contribution is 2.28. The molecule has 0 aliphatic carbocycles. The summed E-state index contributed by atoms with van der Waals surface area (Å²) in [6.45, 7) is 1.98. The lowest BCUT2D eigenvalue weighted by Gasteiger charge is -2.10. The molecular weight excluding hydrogens is 314 g/mol. The van der Waals surface area contributed by atoms with E-state index in [9.17, 15) is 14.9 Å². The van der Waals surface area contributed by atoms with Crippen molar-refractivity contribution in [2.75, 3.05) is 5.32 Å². The molecule has 0 aromatic heterocycles. The van der Waals surface area contributed by atoms with Crippen LogP contribution < -0.4 is 11.1 Å². The van der Waals surface area contributed by atoms with Gasteiger partial charge in [-0.3, -0.25) is 14.9 Å². The van der Waals surface area contributed by atoms with Crippen LogP contribution in [0.15, 0.2) is 22.7 Å². The number of carbonyl (C=O) groups excluding carboxylic acids is 1. The van der Waals surface area contributed by atoms with Crippen LogP contribution in [0.5, 0.6) is 0 Å². The SMILES string of the molecule is CCCC(N)CC(=O)Nc1ccc(Br)cc1[N+](=O)[O-]. The lowest BCUT2D eigenvalue weighted by atomic mass is 10.1. The Labute approximate surface area is 119 Å². The first kappa shape index (κ1) is 15.6. The van der Waals surface area contributed by atoms with E-state index >= 15 is 0 Å². The summed E-state index contributed by atoms with van der Waals surface area (Å²) in [5, 5.41) is 13.4. The molecule has 0 spiro atoms. The number of halogens is 1. The van der Waals surface area contributed by atoms with Gasteiger partial charge in [-0.2, -0.15) is 0 Å². The fraction of sp³-hybridized carbons (Fsp3) is 0.417. The third kappa shape index (κ3) is 4.96. The molecule has 6 nitrogen and oxygen atoms in total. The van der Waals surface area contributed by atoms with E-state index in [0.717, 1.165) is 12.8 Å². The molecule has 19 heavy (non-hydrogen) atoms. The van der Waals surface area contributed by atoms with Crippen molar-refractivity contribution in [3.05, 3.63) is 32.8 Å². The highest BCUT2D eigenvalue weighted by molar-refractivity contribution is 9.10. The first-order valence-electron chi connectivity index (χ1n) is 5.93. The van der Waals surface area contributed by atoms with Crippen LogP contribution in [-0.2, 0) is 4.79 Å². The van der Waals surface area contributed by atoms with Gasteiger partial charge in [-0.05, 0) is 18.6 Å². The van der Waals surface area contributed by atoms with E-state index in [0.29, 0.717) is 4.47 Å². The summed E-state index contributed by atoms with van der Waals surface area (Å²) in [6, 6.07) is 4.25. The van der Waals surface area contributed by atoms with Crippen LogP contribution in [0.2, 0.25) is 0 Å². The smallest absolute Gasteiger partial charge is 0.293 e. The lowest BCUT2D eigenvalue weighted by Crippen LogP contribution is -2.27. The fourth-order valence-corrected chi connectivity index (χ4v) is 2.02. The number of nitrogens with zero attached hydrogens (tertiary/aromatic N) is 1. The van der Waals surface area contributed by atoms with Crippen molar-refractivity contribution in [1.82, 2.24) is 0 Å². The second-order valence-electron chi connectivity index (χ2n) is 4.22. The first-order chi connectivity index (χ1) is 8.93. The van der Waals surface area contributed by atoms with Gasteiger partial charge < -0.3 is 11.1 Å². The van der Waals surface area contributed by atoms with Gasteiger partial charge in [-0.15, -0.1) is 0 Å². The van der Waals surface area contributed by atoms with E-state index in [1.807, 2.05) is 6.92 Å². The van der Waals surface area contributed by atoms with Crippen LogP contribution in [0, 0.1) is 10.1 Å². The minimum absolute atomic E-state index is 0.146. The fourth-order valence-electron chi connectivity index (χ4n) is 1.67. The normalized spacial score (nSPS) is 11.9. The Morgan fingerprint density at radius 3 is 2.84 bits per heavy atom. The van der Waals surface area contributed by atoms with Crippen LogP contribution in [0.25, 0.3) is 0 Å². The summed E-state index contributed by atoms with van der Waals surface area (Å²) in [6.07, 6.45) is 1.80. The Bertz CT molecular complexity index is 479. The molecule has 0 fully saturated rings. The largest absolute Gasteiger partial charge is 0.327 e. The Kier molecular flexibility index (Phi) is 5.91. The Balaban J connectivity index is 2.76. The molecule has 0 heterocycles. The topological polar surface area (TPSA) is 98.3 Å². The van der Waals surface area contributed by atoms with Crippen molar-refractivity contribution >= 4 is 33.2 Å². The van der Waals surface area contributed by atoms with E-state index < -0.39 is 4.92 Å². The van der Waals surface area contributed by atoms with Crippen molar-refractivity contribution in [2.24, 2.45) is 5.73 Å². The molecule has 1 rings (SSSR count). The highest BCUT2D eigenvalue weighted by atomic mass is 79.9. The monoisotopic (exact) mass is 329 g/mol. The summed E-state index contributed by atoms with van der Waals surface area (Å²) >= 11 is 3.15. The summed E-state index contributed by atoms with van der Waals surface area (Å²) in [5.41, 5.74) is 5.79. The molecule has 1 atom stereocenters. The van der Waals surface area contributed by atoms with E-state index in [1.54, 1.807) is 6.07 Å². The predicted octanol–water partition coefficient (Wildman–Crippen LogP) is 2.81. The highest BCUT2D eigenvalue weighted by Gasteiger charge is 2.17. The van der Waals surface area contributed by atoms with Crippen molar-refractivity contribution in [2.45, 2.75) is 32.2 Å². The molecule has 7 heteroatoms. The second-order valence-corrected chi connectivity index (χ2v) is 5.14. The standard InChI is InChI=1S/C12H16BrN3O3/c1-2-3-9(14)7-12(17)15-10-5-4-8(13)6-11(10)16(18)19/h4-6,9H,2-3,7,14H2,1H3,(H,15,17). The number of nitrogens with one attached hydrogen (secondary N) is 1. The molecule has 1 aromatic rings. The lowest BCUT2D eigenvalue weighted by molar-refractivity contribution is -0.384. The van der Waals surface area contributed by atoms with Crippen molar-refractivity contribution < 1.29 is 9.72 Å². The van der Waals surface area contributed by atoms with E-state index in [-0.39, 0.29) is 29.7 Å². The molecule has 3 N–H and O–H groups in total. The van der Waals surface area contributed by atoms with Gasteiger partial charge in [-0.1, -0.05) is 29.3 Å². The molecule has 1 unspecified atom stereocenters. The minimum Gasteiger partial charge on any atom is -0.327 e. The average Bonchev–Trinajstić information content (AvgIpc) is 2.31. The Hall–Kier alpha value is -1.47. The number of anilines is 1. The summed E-state index contributed by atoms with van der Waals surface area (Å²) in [4.78, 5) is 22.1. The van der Waals surface area contributed by atoms with Crippen LogP contribution in [0.4, 0.5) is 11.4 Å². The molecule has 0 aliphatic heterocycles. The summed E-state index contributed by atoms with van der Waals surface area (Å²) < 4.78 is 0.583.